The van der Waals surface area contributed by atoms with Crippen LogP contribution in [-0.4, -0.2) is 25.6 Å². The second-order valence-electron chi connectivity index (χ2n) is 5.17. The summed E-state index contributed by atoms with van der Waals surface area (Å²) in [4.78, 5) is 9.37. The van der Waals surface area contributed by atoms with E-state index in [2.05, 4.69) is 0 Å². The van der Waals surface area contributed by atoms with Crippen molar-refractivity contribution in [2.24, 2.45) is 0 Å². The Balaban J connectivity index is 1.98. The SMILES string of the molecule is O=[P+](O)C(CCc1ccccc1)COS(=O)(=O)c1ccc(Cl)cc1. The molecule has 0 saturated heterocycles. The van der Waals surface area contributed by atoms with Crippen molar-refractivity contribution in [1.82, 2.24) is 0 Å². The van der Waals surface area contributed by atoms with E-state index in [4.69, 9.17) is 15.8 Å². The van der Waals surface area contributed by atoms with Crippen LogP contribution >= 0.6 is 19.6 Å². The summed E-state index contributed by atoms with van der Waals surface area (Å²) in [6.07, 6.45) is 0.920. The standard InChI is InChI=1S/C16H16ClO5PS/c17-14-7-10-16(11-8-14)24(20,21)22-12-15(23(18)19)9-6-13-4-2-1-3-5-13/h1-5,7-8,10-11,15H,6,9,12H2/p+1. The van der Waals surface area contributed by atoms with Gasteiger partial charge in [-0.1, -0.05) is 41.9 Å². The molecule has 0 aliphatic carbocycles. The second-order valence-corrected chi connectivity index (χ2v) is 8.56. The van der Waals surface area contributed by atoms with E-state index >= 15 is 0 Å². The molecule has 0 spiro atoms. The molecule has 0 aliphatic rings. The van der Waals surface area contributed by atoms with Gasteiger partial charge in [0.15, 0.2) is 0 Å². The van der Waals surface area contributed by atoms with Gasteiger partial charge in [-0.3, -0.25) is 4.18 Å². The van der Waals surface area contributed by atoms with E-state index < -0.39 is 23.8 Å². The molecule has 5 nitrogen and oxygen atoms in total. The summed E-state index contributed by atoms with van der Waals surface area (Å²) in [6.45, 7) is -0.344. The molecule has 1 N–H and O–H groups in total. The van der Waals surface area contributed by atoms with Gasteiger partial charge in [0, 0.05) is 11.4 Å². The van der Waals surface area contributed by atoms with Crippen LogP contribution in [0.15, 0.2) is 59.5 Å². The molecule has 0 saturated carbocycles. The number of hydrogen-bond donors (Lipinski definition) is 1. The number of halogens is 1. The third kappa shape index (κ3) is 5.65. The summed E-state index contributed by atoms with van der Waals surface area (Å²) in [6, 6.07) is 15.0. The van der Waals surface area contributed by atoms with Crippen molar-refractivity contribution in [3.05, 3.63) is 65.2 Å². The lowest BCUT2D eigenvalue weighted by atomic mass is 10.1. The van der Waals surface area contributed by atoms with Gasteiger partial charge in [-0.05, 0) is 40.8 Å². The van der Waals surface area contributed by atoms with Gasteiger partial charge >= 0.3 is 8.03 Å². The van der Waals surface area contributed by atoms with Crippen LogP contribution < -0.4 is 0 Å². The second kappa shape index (κ2) is 8.70. The quantitative estimate of drug-likeness (QED) is 0.550. The molecule has 2 aromatic rings. The molecular formula is C16H17ClO5PS+. The highest BCUT2D eigenvalue weighted by molar-refractivity contribution is 7.86. The number of hydrogen-bond acceptors (Lipinski definition) is 4. The molecule has 0 aromatic heterocycles. The zero-order valence-electron chi connectivity index (χ0n) is 12.7. The highest BCUT2D eigenvalue weighted by Gasteiger charge is 2.31. The Morgan fingerprint density at radius 3 is 2.29 bits per heavy atom. The van der Waals surface area contributed by atoms with Crippen molar-refractivity contribution < 1.29 is 22.1 Å². The lowest BCUT2D eigenvalue weighted by molar-refractivity contribution is 0.304. The Kier molecular flexibility index (Phi) is 6.90. The molecule has 0 amide bonds. The fourth-order valence-corrected chi connectivity index (χ4v) is 3.80. The zero-order chi connectivity index (χ0) is 17.6. The lowest BCUT2D eigenvalue weighted by Crippen LogP contribution is -2.17. The highest BCUT2D eigenvalue weighted by atomic mass is 35.5. The largest absolute Gasteiger partial charge is 0.511 e. The van der Waals surface area contributed by atoms with E-state index in [1.807, 2.05) is 30.3 Å². The van der Waals surface area contributed by atoms with Crippen molar-refractivity contribution in [1.29, 1.82) is 0 Å². The molecular weight excluding hydrogens is 371 g/mol. The summed E-state index contributed by atoms with van der Waals surface area (Å²) in [5.74, 6) is 0. The van der Waals surface area contributed by atoms with E-state index in [9.17, 15) is 17.9 Å². The highest BCUT2D eigenvalue weighted by Crippen LogP contribution is 2.28. The van der Waals surface area contributed by atoms with Crippen LogP contribution in [0.4, 0.5) is 0 Å². The first-order chi connectivity index (χ1) is 11.4. The summed E-state index contributed by atoms with van der Waals surface area (Å²) in [7, 11) is -6.53. The first-order valence-corrected chi connectivity index (χ1v) is 10.3. The first kappa shape index (κ1) is 19.0. The smallest absolute Gasteiger partial charge is 0.261 e. The molecule has 0 aliphatic heterocycles. The minimum atomic E-state index is -3.99. The van der Waals surface area contributed by atoms with Crippen LogP contribution in [0, 0.1) is 0 Å². The number of benzene rings is 2. The van der Waals surface area contributed by atoms with E-state index in [1.165, 1.54) is 24.3 Å². The maximum absolute atomic E-state index is 12.1. The van der Waals surface area contributed by atoms with Crippen molar-refractivity contribution in [3.8, 4) is 0 Å². The summed E-state index contributed by atoms with van der Waals surface area (Å²) in [5, 5.41) is 0.410. The van der Waals surface area contributed by atoms with Gasteiger partial charge in [0.2, 0.25) is 5.66 Å². The van der Waals surface area contributed by atoms with Crippen molar-refractivity contribution in [3.63, 3.8) is 0 Å². The van der Waals surface area contributed by atoms with Crippen LogP contribution in [0.5, 0.6) is 0 Å². The molecule has 2 atom stereocenters. The first-order valence-electron chi connectivity index (χ1n) is 7.22. The summed E-state index contributed by atoms with van der Waals surface area (Å²) < 4.78 is 40.6. The van der Waals surface area contributed by atoms with Crippen LogP contribution in [-0.2, 0) is 25.3 Å². The topological polar surface area (TPSA) is 80.7 Å². The molecule has 0 fully saturated rings. The minimum absolute atomic E-state index is 0.0399. The van der Waals surface area contributed by atoms with Crippen LogP contribution in [0.1, 0.15) is 12.0 Å². The minimum Gasteiger partial charge on any atom is -0.261 e. The molecule has 2 rings (SSSR count). The van der Waals surface area contributed by atoms with Gasteiger partial charge in [-0.15, -0.1) is 0 Å². The van der Waals surface area contributed by atoms with Gasteiger partial charge < -0.3 is 0 Å². The molecule has 8 heteroatoms. The molecule has 2 unspecified atom stereocenters. The average molecular weight is 388 g/mol. The molecule has 128 valence electrons. The zero-order valence-corrected chi connectivity index (χ0v) is 15.2. The van der Waals surface area contributed by atoms with E-state index in [-0.39, 0.29) is 11.5 Å². The Labute approximate surface area is 147 Å². The van der Waals surface area contributed by atoms with E-state index in [1.54, 1.807) is 0 Å². The number of aryl methyl sites for hydroxylation is 1. The fraction of sp³-hybridized carbons (Fsp3) is 0.250. The molecule has 2 aromatic carbocycles. The fourth-order valence-electron chi connectivity index (χ4n) is 2.07. The van der Waals surface area contributed by atoms with Crippen LogP contribution in [0.2, 0.25) is 5.02 Å². The normalized spacial score (nSPS) is 13.5. The average Bonchev–Trinajstić information content (AvgIpc) is 2.55. The Morgan fingerprint density at radius 2 is 1.71 bits per heavy atom. The Morgan fingerprint density at radius 1 is 1.08 bits per heavy atom. The van der Waals surface area contributed by atoms with Crippen molar-refractivity contribution >= 4 is 29.7 Å². The Hall–Kier alpha value is -1.30. The van der Waals surface area contributed by atoms with Crippen LogP contribution in [0.3, 0.4) is 0 Å². The predicted molar refractivity (Wildman–Crippen MR) is 93.0 cm³/mol. The predicted octanol–water partition coefficient (Wildman–Crippen LogP) is 3.78. The lowest BCUT2D eigenvalue weighted by Gasteiger charge is -2.08. The van der Waals surface area contributed by atoms with Gasteiger partial charge in [-0.25, -0.2) is 0 Å². The van der Waals surface area contributed by atoms with Gasteiger partial charge in [-0.2, -0.15) is 13.3 Å². The van der Waals surface area contributed by atoms with Gasteiger partial charge in [0.1, 0.15) is 6.61 Å². The summed E-state index contributed by atoms with van der Waals surface area (Å²) >= 11 is 5.72. The molecule has 0 radical (unpaired) electrons. The third-order valence-electron chi connectivity index (χ3n) is 3.44. The maximum Gasteiger partial charge on any atom is 0.511 e. The maximum atomic E-state index is 12.1. The molecule has 0 heterocycles. The van der Waals surface area contributed by atoms with Crippen LogP contribution in [0.25, 0.3) is 0 Å². The van der Waals surface area contributed by atoms with Crippen molar-refractivity contribution in [2.75, 3.05) is 6.61 Å². The third-order valence-corrected chi connectivity index (χ3v) is 6.02. The molecule has 24 heavy (non-hydrogen) atoms. The van der Waals surface area contributed by atoms with Gasteiger partial charge in [0.25, 0.3) is 10.1 Å². The molecule has 0 bridgehead atoms. The monoisotopic (exact) mass is 387 g/mol. The van der Waals surface area contributed by atoms with E-state index in [0.29, 0.717) is 17.9 Å². The summed E-state index contributed by atoms with van der Waals surface area (Å²) in [5.41, 5.74) is 0.252. The van der Waals surface area contributed by atoms with E-state index in [0.717, 1.165) is 5.56 Å². The van der Waals surface area contributed by atoms with Crippen molar-refractivity contribution in [2.45, 2.75) is 23.4 Å². The van der Waals surface area contributed by atoms with Gasteiger partial charge in [0.05, 0.1) is 4.90 Å². The Bertz CT molecular complexity index is 778. The number of rotatable bonds is 8.